The Morgan fingerprint density at radius 3 is 2.45 bits per heavy atom. The summed E-state index contributed by atoms with van der Waals surface area (Å²) < 4.78 is 5.69. The van der Waals surface area contributed by atoms with E-state index in [0.717, 1.165) is 17.4 Å². The molecule has 2 heteroatoms. The van der Waals surface area contributed by atoms with Gasteiger partial charge in [-0.1, -0.05) is 20.8 Å². The first-order valence-electron chi connectivity index (χ1n) is 8.08. The minimum atomic E-state index is 0.379. The van der Waals surface area contributed by atoms with Gasteiger partial charge in [0.05, 0.1) is 0 Å². The van der Waals surface area contributed by atoms with Crippen molar-refractivity contribution in [1.82, 2.24) is 5.32 Å². The quantitative estimate of drug-likeness (QED) is 0.860. The van der Waals surface area contributed by atoms with E-state index in [1.165, 1.54) is 24.8 Å². The van der Waals surface area contributed by atoms with E-state index in [4.69, 9.17) is 4.42 Å². The Bertz CT molecular complexity index is 515. The van der Waals surface area contributed by atoms with Crippen molar-refractivity contribution in [1.29, 1.82) is 0 Å². The lowest BCUT2D eigenvalue weighted by atomic mass is 9.69. The molecule has 1 N–H and O–H groups in total. The molecule has 2 aliphatic carbocycles. The lowest BCUT2D eigenvalue weighted by Gasteiger charge is -2.40. The largest absolute Gasteiger partial charge is 0.466 e. The molecule has 1 aromatic rings. The normalized spacial score (nSPS) is 36.5. The molecule has 0 aromatic carbocycles. The van der Waals surface area contributed by atoms with Crippen LogP contribution in [0.4, 0.5) is 0 Å². The molecule has 1 aromatic heterocycles. The fourth-order valence-corrected chi connectivity index (χ4v) is 4.93. The van der Waals surface area contributed by atoms with Gasteiger partial charge in [0.1, 0.15) is 11.5 Å². The fourth-order valence-electron chi connectivity index (χ4n) is 4.93. The fraction of sp³-hybridized carbons (Fsp3) is 0.778. The molecule has 0 saturated heterocycles. The Balaban J connectivity index is 1.78. The van der Waals surface area contributed by atoms with E-state index in [1.807, 2.05) is 6.92 Å². The molecule has 0 amide bonds. The monoisotopic (exact) mass is 275 g/mol. The Morgan fingerprint density at radius 1 is 1.30 bits per heavy atom. The van der Waals surface area contributed by atoms with Crippen molar-refractivity contribution in [3.8, 4) is 0 Å². The van der Waals surface area contributed by atoms with Gasteiger partial charge in [0, 0.05) is 17.6 Å². The summed E-state index contributed by atoms with van der Waals surface area (Å²) in [4.78, 5) is 0. The molecule has 2 bridgehead atoms. The maximum atomic E-state index is 5.69. The predicted octanol–water partition coefficient (Wildman–Crippen LogP) is 4.76. The minimum absolute atomic E-state index is 0.379. The zero-order valence-electron chi connectivity index (χ0n) is 13.8. The molecule has 0 radical (unpaired) electrons. The van der Waals surface area contributed by atoms with E-state index >= 15 is 0 Å². The van der Waals surface area contributed by atoms with E-state index < -0.39 is 0 Å². The third-order valence-electron chi connectivity index (χ3n) is 6.79. The van der Waals surface area contributed by atoms with E-state index in [9.17, 15) is 0 Å². The summed E-state index contributed by atoms with van der Waals surface area (Å²) in [5, 5.41) is 3.92. The molecule has 4 atom stereocenters. The third kappa shape index (κ3) is 1.80. The predicted molar refractivity (Wildman–Crippen MR) is 82.7 cm³/mol. The maximum Gasteiger partial charge on any atom is 0.105 e. The zero-order valence-corrected chi connectivity index (χ0v) is 13.8. The molecular weight excluding hydrogens is 246 g/mol. The summed E-state index contributed by atoms with van der Waals surface area (Å²) in [5.41, 5.74) is 2.25. The summed E-state index contributed by atoms with van der Waals surface area (Å²) in [6, 6.07) is 3.21. The Morgan fingerprint density at radius 2 is 2.00 bits per heavy atom. The van der Waals surface area contributed by atoms with Gasteiger partial charge in [-0.25, -0.2) is 0 Å². The average molecular weight is 275 g/mol. The molecular formula is C18H29NO. The standard InChI is InChI=1S/C18H29NO/c1-11-9-15(13(3)20-11)12(2)19-16-10-14-7-8-18(16,6)17(14,4)5/h9,12,14,16,19H,7-8,10H2,1-6H3. The van der Waals surface area contributed by atoms with Crippen LogP contribution in [0.3, 0.4) is 0 Å². The second-order valence-electron chi connectivity index (χ2n) is 7.92. The van der Waals surface area contributed by atoms with Crippen molar-refractivity contribution in [2.75, 3.05) is 0 Å². The van der Waals surface area contributed by atoms with Crippen molar-refractivity contribution >= 4 is 0 Å². The number of nitrogens with one attached hydrogen (secondary N) is 1. The van der Waals surface area contributed by atoms with Crippen LogP contribution in [0.1, 0.15) is 70.1 Å². The van der Waals surface area contributed by atoms with Gasteiger partial charge in [0.15, 0.2) is 0 Å². The first kappa shape index (κ1) is 14.2. The van der Waals surface area contributed by atoms with Crippen LogP contribution in [0.15, 0.2) is 10.5 Å². The lowest BCUT2D eigenvalue weighted by Crippen LogP contribution is -2.45. The SMILES string of the molecule is Cc1cc(C(C)NC2CC3CCC2(C)C3(C)C)c(C)o1. The number of furan rings is 1. The van der Waals surface area contributed by atoms with E-state index in [2.05, 4.69) is 46.0 Å². The van der Waals surface area contributed by atoms with Crippen LogP contribution in [-0.2, 0) is 0 Å². The molecule has 0 spiro atoms. The highest BCUT2D eigenvalue weighted by Gasteiger charge is 2.61. The van der Waals surface area contributed by atoms with Gasteiger partial charge in [0.25, 0.3) is 0 Å². The van der Waals surface area contributed by atoms with Crippen molar-refractivity contribution in [3.05, 3.63) is 23.2 Å². The molecule has 4 unspecified atom stereocenters. The van der Waals surface area contributed by atoms with Gasteiger partial charge in [-0.3, -0.25) is 0 Å². The topological polar surface area (TPSA) is 25.2 Å². The van der Waals surface area contributed by atoms with Gasteiger partial charge in [-0.15, -0.1) is 0 Å². The molecule has 112 valence electrons. The summed E-state index contributed by atoms with van der Waals surface area (Å²) in [6.45, 7) is 13.8. The van der Waals surface area contributed by atoms with Gasteiger partial charge >= 0.3 is 0 Å². The van der Waals surface area contributed by atoms with Gasteiger partial charge in [-0.05, 0) is 62.8 Å². The number of hydrogen-bond acceptors (Lipinski definition) is 2. The molecule has 3 rings (SSSR count). The van der Waals surface area contributed by atoms with Gasteiger partial charge in [0.2, 0.25) is 0 Å². The zero-order chi connectivity index (χ0) is 14.7. The number of rotatable bonds is 3. The Kier molecular flexibility index (Phi) is 3.10. The van der Waals surface area contributed by atoms with Gasteiger partial charge in [-0.2, -0.15) is 0 Å². The maximum absolute atomic E-state index is 5.69. The van der Waals surface area contributed by atoms with Crippen molar-refractivity contribution < 1.29 is 4.42 Å². The highest BCUT2D eigenvalue weighted by Crippen LogP contribution is 2.65. The van der Waals surface area contributed by atoms with Crippen LogP contribution in [0.25, 0.3) is 0 Å². The highest BCUT2D eigenvalue weighted by molar-refractivity contribution is 5.24. The van der Waals surface area contributed by atoms with E-state index in [0.29, 0.717) is 22.9 Å². The summed E-state index contributed by atoms with van der Waals surface area (Å²) >= 11 is 0. The number of fused-ring (bicyclic) bond motifs is 2. The molecule has 2 aliphatic rings. The second kappa shape index (κ2) is 4.37. The van der Waals surface area contributed by atoms with Crippen LogP contribution >= 0.6 is 0 Å². The minimum Gasteiger partial charge on any atom is -0.466 e. The van der Waals surface area contributed by atoms with Crippen molar-refractivity contribution in [3.63, 3.8) is 0 Å². The Hall–Kier alpha value is -0.760. The molecule has 2 fully saturated rings. The van der Waals surface area contributed by atoms with Crippen LogP contribution in [0, 0.1) is 30.6 Å². The number of hydrogen-bond donors (Lipinski definition) is 1. The Labute approximate surface area is 123 Å². The molecule has 2 nitrogen and oxygen atoms in total. The van der Waals surface area contributed by atoms with E-state index in [1.54, 1.807) is 0 Å². The summed E-state index contributed by atoms with van der Waals surface area (Å²) in [5.74, 6) is 2.98. The van der Waals surface area contributed by atoms with Crippen LogP contribution in [-0.4, -0.2) is 6.04 Å². The van der Waals surface area contributed by atoms with Crippen LogP contribution < -0.4 is 5.32 Å². The number of aryl methyl sites for hydroxylation is 2. The van der Waals surface area contributed by atoms with Crippen LogP contribution in [0.5, 0.6) is 0 Å². The van der Waals surface area contributed by atoms with Crippen LogP contribution in [0.2, 0.25) is 0 Å². The van der Waals surface area contributed by atoms with E-state index in [-0.39, 0.29) is 0 Å². The summed E-state index contributed by atoms with van der Waals surface area (Å²) in [6.07, 6.45) is 4.13. The summed E-state index contributed by atoms with van der Waals surface area (Å²) in [7, 11) is 0. The molecule has 2 saturated carbocycles. The molecule has 1 heterocycles. The van der Waals surface area contributed by atoms with Crippen molar-refractivity contribution in [2.45, 2.75) is 72.9 Å². The second-order valence-corrected chi connectivity index (χ2v) is 7.92. The van der Waals surface area contributed by atoms with Gasteiger partial charge < -0.3 is 9.73 Å². The first-order chi connectivity index (χ1) is 9.25. The lowest BCUT2D eigenvalue weighted by molar-refractivity contribution is 0.116. The van der Waals surface area contributed by atoms with Crippen molar-refractivity contribution in [2.24, 2.45) is 16.7 Å². The molecule has 0 aliphatic heterocycles. The third-order valence-corrected chi connectivity index (χ3v) is 6.79. The average Bonchev–Trinajstić information content (AvgIpc) is 2.86. The highest BCUT2D eigenvalue weighted by atomic mass is 16.3. The smallest absolute Gasteiger partial charge is 0.105 e. The first-order valence-corrected chi connectivity index (χ1v) is 8.08. The molecule has 20 heavy (non-hydrogen) atoms.